The molecule has 2 aliphatic rings. The van der Waals surface area contributed by atoms with Crippen LogP contribution in [-0.2, 0) is 0 Å². The normalized spacial score (nSPS) is 19.7. The highest BCUT2D eigenvalue weighted by molar-refractivity contribution is 5.79. The third kappa shape index (κ3) is 6.80. The molecular weight excluding hydrogens is 376 g/mol. The summed E-state index contributed by atoms with van der Waals surface area (Å²) in [5.41, 5.74) is 0.110. The molecule has 1 aromatic rings. The zero-order valence-corrected chi connectivity index (χ0v) is 19.1. The van der Waals surface area contributed by atoms with Crippen LogP contribution in [0.1, 0.15) is 40.0 Å². The molecule has 30 heavy (non-hydrogen) atoms. The first-order chi connectivity index (χ1) is 14.6. The molecule has 2 fully saturated rings. The van der Waals surface area contributed by atoms with E-state index >= 15 is 0 Å². The van der Waals surface area contributed by atoms with Crippen molar-refractivity contribution in [2.75, 3.05) is 70.3 Å². The summed E-state index contributed by atoms with van der Waals surface area (Å²) in [6.45, 7) is 16.8. The first-order valence-electron chi connectivity index (χ1n) is 11.6. The standard InChI is InChI=1S/C22H40N8/c1-4-23-20(27-19-22(2,3)30-12-6-5-7-13-30)24-11-14-28-15-17-29(18-16-28)21-25-9-8-10-26-21/h8-10H,4-7,11-19H2,1-3H3,(H2,23,24,27). The van der Waals surface area contributed by atoms with E-state index < -0.39 is 0 Å². The van der Waals surface area contributed by atoms with Crippen molar-refractivity contribution in [1.29, 1.82) is 0 Å². The largest absolute Gasteiger partial charge is 0.357 e. The zero-order valence-electron chi connectivity index (χ0n) is 19.1. The third-order valence-corrected chi connectivity index (χ3v) is 6.11. The molecule has 3 rings (SSSR count). The molecule has 168 valence electrons. The smallest absolute Gasteiger partial charge is 0.225 e. The van der Waals surface area contributed by atoms with E-state index in [2.05, 4.69) is 56.1 Å². The Balaban J connectivity index is 1.41. The van der Waals surface area contributed by atoms with E-state index in [1.807, 2.05) is 18.5 Å². The molecule has 0 amide bonds. The van der Waals surface area contributed by atoms with Crippen molar-refractivity contribution in [2.45, 2.75) is 45.6 Å². The highest BCUT2D eigenvalue weighted by Crippen LogP contribution is 2.20. The van der Waals surface area contributed by atoms with E-state index in [-0.39, 0.29) is 5.54 Å². The van der Waals surface area contributed by atoms with Crippen molar-refractivity contribution in [3.63, 3.8) is 0 Å². The van der Waals surface area contributed by atoms with Crippen LogP contribution in [0.15, 0.2) is 23.5 Å². The number of nitrogens with zero attached hydrogens (tertiary/aromatic N) is 6. The van der Waals surface area contributed by atoms with Gasteiger partial charge in [0, 0.05) is 63.7 Å². The Kier molecular flexibility index (Phi) is 8.69. The van der Waals surface area contributed by atoms with Gasteiger partial charge in [-0.25, -0.2) is 9.97 Å². The minimum Gasteiger partial charge on any atom is -0.357 e. The second kappa shape index (κ2) is 11.5. The maximum absolute atomic E-state index is 4.90. The molecule has 2 aliphatic heterocycles. The van der Waals surface area contributed by atoms with Crippen LogP contribution in [0.2, 0.25) is 0 Å². The average Bonchev–Trinajstić information content (AvgIpc) is 2.79. The first kappa shape index (κ1) is 22.7. The van der Waals surface area contributed by atoms with Gasteiger partial charge in [0.1, 0.15) is 0 Å². The predicted octanol–water partition coefficient (Wildman–Crippen LogP) is 1.42. The van der Waals surface area contributed by atoms with Crippen LogP contribution < -0.4 is 15.5 Å². The fourth-order valence-corrected chi connectivity index (χ4v) is 4.17. The molecule has 0 atom stereocenters. The van der Waals surface area contributed by atoms with Gasteiger partial charge < -0.3 is 15.5 Å². The van der Waals surface area contributed by atoms with E-state index in [0.29, 0.717) is 0 Å². The van der Waals surface area contributed by atoms with Crippen molar-refractivity contribution in [1.82, 2.24) is 30.4 Å². The number of anilines is 1. The van der Waals surface area contributed by atoms with Crippen molar-refractivity contribution in [3.8, 4) is 0 Å². The van der Waals surface area contributed by atoms with Crippen molar-refractivity contribution in [3.05, 3.63) is 18.5 Å². The summed E-state index contributed by atoms with van der Waals surface area (Å²) in [5, 5.41) is 6.93. The molecule has 0 aliphatic carbocycles. The van der Waals surface area contributed by atoms with E-state index in [4.69, 9.17) is 4.99 Å². The fourth-order valence-electron chi connectivity index (χ4n) is 4.17. The van der Waals surface area contributed by atoms with Gasteiger partial charge in [0.05, 0.1) is 6.54 Å². The second-order valence-corrected chi connectivity index (χ2v) is 8.86. The molecular formula is C22H40N8. The minimum atomic E-state index is 0.110. The van der Waals surface area contributed by atoms with E-state index in [1.165, 1.54) is 32.4 Å². The number of piperidine rings is 1. The first-order valence-corrected chi connectivity index (χ1v) is 11.6. The summed E-state index contributed by atoms with van der Waals surface area (Å²) in [6.07, 6.45) is 7.62. The van der Waals surface area contributed by atoms with Crippen molar-refractivity contribution in [2.24, 2.45) is 4.99 Å². The molecule has 0 spiro atoms. The predicted molar refractivity (Wildman–Crippen MR) is 124 cm³/mol. The molecule has 0 radical (unpaired) electrons. The van der Waals surface area contributed by atoms with Gasteiger partial charge >= 0.3 is 0 Å². The lowest BCUT2D eigenvalue weighted by molar-refractivity contribution is 0.102. The van der Waals surface area contributed by atoms with Crippen LogP contribution in [0.3, 0.4) is 0 Å². The summed E-state index contributed by atoms with van der Waals surface area (Å²) in [6, 6.07) is 1.86. The lowest BCUT2D eigenvalue weighted by atomic mass is 9.99. The van der Waals surface area contributed by atoms with Crippen LogP contribution in [0, 0.1) is 0 Å². The lowest BCUT2D eigenvalue weighted by Crippen LogP contribution is -2.51. The summed E-state index contributed by atoms with van der Waals surface area (Å²) >= 11 is 0. The molecule has 0 unspecified atom stereocenters. The Hall–Kier alpha value is -1.93. The molecule has 8 nitrogen and oxygen atoms in total. The molecule has 2 N–H and O–H groups in total. The minimum absolute atomic E-state index is 0.110. The Morgan fingerprint density at radius 3 is 2.37 bits per heavy atom. The van der Waals surface area contributed by atoms with Crippen molar-refractivity contribution < 1.29 is 0 Å². The fraction of sp³-hybridized carbons (Fsp3) is 0.773. The molecule has 0 aromatic carbocycles. The Morgan fingerprint density at radius 2 is 1.70 bits per heavy atom. The number of hydrogen-bond donors (Lipinski definition) is 2. The van der Waals surface area contributed by atoms with Gasteiger partial charge in [-0.2, -0.15) is 0 Å². The Morgan fingerprint density at radius 1 is 1.00 bits per heavy atom. The highest BCUT2D eigenvalue weighted by atomic mass is 15.3. The average molecular weight is 417 g/mol. The number of guanidine groups is 1. The van der Waals surface area contributed by atoms with Gasteiger partial charge in [-0.3, -0.25) is 14.8 Å². The van der Waals surface area contributed by atoms with Gasteiger partial charge in [0.2, 0.25) is 5.95 Å². The number of hydrogen-bond acceptors (Lipinski definition) is 6. The summed E-state index contributed by atoms with van der Waals surface area (Å²) in [7, 11) is 0. The van der Waals surface area contributed by atoms with Crippen LogP contribution in [0.5, 0.6) is 0 Å². The molecule has 1 aromatic heterocycles. The summed E-state index contributed by atoms with van der Waals surface area (Å²) in [5.74, 6) is 1.77. The number of aromatic nitrogens is 2. The maximum Gasteiger partial charge on any atom is 0.225 e. The van der Waals surface area contributed by atoms with Gasteiger partial charge in [0.25, 0.3) is 0 Å². The van der Waals surface area contributed by atoms with Gasteiger partial charge in [-0.15, -0.1) is 0 Å². The van der Waals surface area contributed by atoms with E-state index in [0.717, 1.165) is 64.3 Å². The lowest BCUT2D eigenvalue weighted by Gasteiger charge is -2.40. The summed E-state index contributed by atoms with van der Waals surface area (Å²) < 4.78 is 0. The van der Waals surface area contributed by atoms with Crippen molar-refractivity contribution >= 4 is 11.9 Å². The SMILES string of the molecule is CCNC(=NCC(C)(C)N1CCCCC1)NCCN1CCN(c2ncccn2)CC1. The summed E-state index contributed by atoms with van der Waals surface area (Å²) in [4.78, 5) is 21.0. The second-order valence-electron chi connectivity index (χ2n) is 8.86. The Bertz CT molecular complexity index is 634. The van der Waals surface area contributed by atoms with Gasteiger partial charge in [0.15, 0.2) is 5.96 Å². The number of aliphatic imine (C=N–C) groups is 1. The number of likely N-dealkylation sites (tertiary alicyclic amines) is 1. The molecule has 0 saturated carbocycles. The topological polar surface area (TPSA) is 71.9 Å². The van der Waals surface area contributed by atoms with E-state index in [1.54, 1.807) is 0 Å². The van der Waals surface area contributed by atoms with Crippen LogP contribution in [-0.4, -0.2) is 96.7 Å². The van der Waals surface area contributed by atoms with E-state index in [9.17, 15) is 0 Å². The molecule has 3 heterocycles. The van der Waals surface area contributed by atoms with Gasteiger partial charge in [-0.05, 0) is 52.8 Å². The molecule has 2 saturated heterocycles. The monoisotopic (exact) mass is 416 g/mol. The Labute approximate surface area is 182 Å². The molecule has 0 bridgehead atoms. The van der Waals surface area contributed by atoms with Gasteiger partial charge in [-0.1, -0.05) is 6.42 Å². The highest BCUT2D eigenvalue weighted by Gasteiger charge is 2.27. The van der Waals surface area contributed by atoms with Crippen LogP contribution in [0.25, 0.3) is 0 Å². The van der Waals surface area contributed by atoms with Crippen LogP contribution in [0.4, 0.5) is 5.95 Å². The number of nitrogens with one attached hydrogen (secondary N) is 2. The molecule has 8 heteroatoms. The quantitative estimate of drug-likeness (QED) is 0.490. The number of rotatable bonds is 8. The third-order valence-electron chi connectivity index (χ3n) is 6.11. The number of piperazine rings is 1. The van der Waals surface area contributed by atoms with Crippen LogP contribution >= 0.6 is 0 Å². The maximum atomic E-state index is 4.90. The zero-order chi connectivity index (χ0) is 21.2.